The van der Waals surface area contributed by atoms with Crippen molar-refractivity contribution in [2.24, 2.45) is 0 Å². The fourth-order valence-corrected chi connectivity index (χ4v) is 2.01. The molecule has 0 radical (unpaired) electrons. The van der Waals surface area contributed by atoms with E-state index in [9.17, 15) is 0 Å². The van der Waals surface area contributed by atoms with Crippen LogP contribution in [0, 0.1) is 0 Å². The second-order valence-electron chi connectivity index (χ2n) is 3.52. The summed E-state index contributed by atoms with van der Waals surface area (Å²) in [5, 5.41) is 1.13. The molecule has 6 heteroatoms. The van der Waals surface area contributed by atoms with E-state index in [1.165, 1.54) is 11.8 Å². The van der Waals surface area contributed by atoms with Crippen molar-refractivity contribution in [3.8, 4) is 0 Å². The van der Waals surface area contributed by atoms with Crippen molar-refractivity contribution in [2.45, 2.75) is 11.7 Å². The molecule has 0 unspecified atom stereocenters. The highest BCUT2D eigenvalue weighted by atomic mass is 35.5. The van der Waals surface area contributed by atoms with Crippen molar-refractivity contribution < 1.29 is 4.42 Å². The molecule has 0 saturated heterocycles. The second kappa shape index (κ2) is 5.42. The third-order valence-corrected chi connectivity index (χ3v) is 2.98. The maximum Gasteiger partial charge on any atom is 0.190 e. The molecule has 90 valence electrons. The molecule has 0 spiro atoms. The summed E-state index contributed by atoms with van der Waals surface area (Å²) in [5.41, 5.74) is 1.09. The van der Waals surface area contributed by atoms with E-state index in [2.05, 4.69) is 9.97 Å². The number of hydrogen-bond acceptors (Lipinski definition) is 5. The second-order valence-corrected chi connectivity index (χ2v) is 4.68. The molecule has 0 atom stereocenters. The van der Waals surface area contributed by atoms with Gasteiger partial charge in [0.1, 0.15) is 11.0 Å². The third-order valence-electron chi connectivity index (χ3n) is 2.23. The Morgan fingerprint density at radius 2 is 2.29 bits per heavy atom. The minimum Gasteiger partial charge on any atom is -0.472 e. The Morgan fingerprint density at radius 1 is 1.47 bits per heavy atom. The molecule has 0 fully saturated rings. The normalized spacial score (nSPS) is 10.5. The summed E-state index contributed by atoms with van der Waals surface area (Å²) in [6.45, 7) is 0.720. The van der Waals surface area contributed by atoms with Gasteiger partial charge in [-0.1, -0.05) is 23.4 Å². The number of thioether (sulfide) groups is 1. The molecule has 2 aromatic heterocycles. The van der Waals surface area contributed by atoms with Crippen LogP contribution in [0.25, 0.3) is 0 Å². The predicted octanol–water partition coefficient (Wildman–Crippen LogP) is 3.08. The summed E-state index contributed by atoms with van der Waals surface area (Å²) in [6, 6.07) is 3.68. The van der Waals surface area contributed by atoms with Gasteiger partial charge in [-0.15, -0.1) is 0 Å². The highest BCUT2D eigenvalue weighted by Gasteiger charge is 2.08. The Balaban J connectivity index is 2.18. The van der Waals surface area contributed by atoms with Crippen molar-refractivity contribution in [1.82, 2.24) is 9.97 Å². The van der Waals surface area contributed by atoms with Crippen LogP contribution < -0.4 is 4.90 Å². The number of anilines is 1. The smallest absolute Gasteiger partial charge is 0.190 e. The molecule has 17 heavy (non-hydrogen) atoms. The molecule has 0 aliphatic heterocycles. The van der Waals surface area contributed by atoms with Crippen LogP contribution in [0.3, 0.4) is 0 Å². The summed E-state index contributed by atoms with van der Waals surface area (Å²) >= 11 is 7.42. The molecule has 0 saturated carbocycles. The Hall–Kier alpha value is -1.20. The molecule has 0 bridgehead atoms. The zero-order valence-corrected chi connectivity index (χ0v) is 11.1. The SMILES string of the molecule is CSc1nc(Cl)cc(N(C)Cc2ccoc2)n1. The van der Waals surface area contributed by atoms with E-state index in [1.54, 1.807) is 18.6 Å². The van der Waals surface area contributed by atoms with Gasteiger partial charge in [0.15, 0.2) is 5.16 Å². The monoisotopic (exact) mass is 269 g/mol. The van der Waals surface area contributed by atoms with Gasteiger partial charge >= 0.3 is 0 Å². The van der Waals surface area contributed by atoms with Crippen LogP contribution in [-0.4, -0.2) is 23.3 Å². The molecule has 0 aliphatic rings. The highest BCUT2D eigenvalue weighted by Crippen LogP contribution is 2.20. The van der Waals surface area contributed by atoms with E-state index >= 15 is 0 Å². The van der Waals surface area contributed by atoms with Gasteiger partial charge < -0.3 is 9.32 Å². The van der Waals surface area contributed by atoms with E-state index in [0.29, 0.717) is 10.3 Å². The van der Waals surface area contributed by atoms with Crippen LogP contribution in [0.5, 0.6) is 0 Å². The summed E-state index contributed by atoms with van der Waals surface area (Å²) in [4.78, 5) is 10.5. The van der Waals surface area contributed by atoms with Crippen molar-refractivity contribution in [3.63, 3.8) is 0 Å². The van der Waals surface area contributed by atoms with Crippen molar-refractivity contribution in [1.29, 1.82) is 0 Å². The topological polar surface area (TPSA) is 42.2 Å². The molecule has 4 nitrogen and oxygen atoms in total. The lowest BCUT2D eigenvalue weighted by Crippen LogP contribution is -2.17. The summed E-state index contributed by atoms with van der Waals surface area (Å²) < 4.78 is 5.03. The van der Waals surface area contributed by atoms with Gasteiger partial charge in [0.2, 0.25) is 0 Å². The Bertz CT molecular complexity index is 489. The van der Waals surface area contributed by atoms with Crippen LogP contribution in [0.15, 0.2) is 34.2 Å². The Morgan fingerprint density at radius 3 is 2.94 bits per heavy atom. The van der Waals surface area contributed by atoms with Crippen LogP contribution >= 0.6 is 23.4 Å². The number of nitrogens with zero attached hydrogens (tertiary/aromatic N) is 3. The Kier molecular flexibility index (Phi) is 3.91. The predicted molar refractivity (Wildman–Crippen MR) is 69.6 cm³/mol. The first-order chi connectivity index (χ1) is 8.19. The Labute approximate surface area is 109 Å². The lowest BCUT2D eigenvalue weighted by molar-refractivity contribution is 0.563. The van der Waals surface area contributed by atoms with Crippen molar-refractivity contribution in [2.75, 3.05) is 18.2 Å². The highest BCUT2D eigenvalue weighted by molar-refractivity contribution is 7.98. The van der Waals surface area contributed by atoms with Crippen molar-refractivity contribution in [3.05, 3.63) is 35.4 Å². The van der Waals surface area contributed by atoms with Crippen LogP contribution in [-0.2, 0) is 6.54 Å². The fraction of sp³-hybridized carbons (Fsp3) is 0.273. The third kappa shape index (κ3) is 3.14. The molecule has 0 N–H and O–H groups in total. The van der Waals surface area contributed by atoms with Crippen LogP contribution in [0.2, 0.25) is 5.15 Å². The number of halogens is 1. The van der Waals surface area contributed by atoms with E-state index < -0.39 is 0 Å². The summed E-state index contributed by atoms with van der Waals surface area (Å²) in [6.07, 6.45) is 5.30. The van der Waals surface area contributed by atoms with Crippen molar-refractivity contribution >= 4 is 29.2 Å². The number of furan rings is 1. The average Bonchev–Trinajstić information content (AvgIpc) is 2.81. The van der Waals surface area contributed by atoms with Gasteiger partial charge in [-0.2, -0.15) is 0 Å². The summed E-state index contributed by atoms with van der Waals surface area (Å²) in [5.74, 6) is 0.801. The maximum atomic E-state index is 5.95. The average molecular weight is 270 g/mol. The van der Waals surface area contributed by atoms with Gasteiger partial charge in [0.05, 0.1) is 12.5 Å². The zero-order valence-electron chi connectivity index (χ0n) is 9.55. The van der Waals surface area contributed by atoms with E-state index in [4.69, 9.17) is 16.0 Å². The van der Waals surface area contributed by atoms with Gasteiger partial charge in [0.25, 0.3) is 0 Å². The standard InChI is InChI=1S/C11H12ClN3OS/c1-15(6-8-3-4-16-7-8)10-5-9(12)13-11(14-10)17-2/h3-5,7H,6H2,1-2H3. The molecule has 2 aromatic rings. The lowest BCUT2D eigenvalue weighted by atomic mass is 10.3. The van der Waals surface area contributed by atoms with Crippen LogP contribution in [0.1, 0.15) is 5.56 Å². The molecule has 0 aromatic carbocycles. The fourth-order valence-electron chi connectivity index (χ4n) is 1.41. The zero-order chi connectivity index (χ0) is 12.3. The van der Waals surface area contributed by atoms with E-state index in [-0.39, 0.29) is 0 Å². The lowest BCUT2D eigenvalue weighted by Gasteiger charge is -2.17. The largest absolute Gasteiger partial charge is 0.472 e. The molecule has 0 aliphatic carbocycles. The quantitative estimate of drug-likeness (QED) is 0.485. The minimum absolute atomic E-state index is 0.457. The molecule has 0 amide bonds. The van der Waals surface area contributed by atoms with Gasteiger partial charge in [-0.25, -0.2) is 9.97 Å². The minimum atomic E-state index is 0.457. The van der Waals surface area contributed by atoms with E-state index in [1.807, 2.05) is 24.3 Å². The first-order valence-electron chi connectivity index (χ1n) is 5.00. The number of rotatable bonds is 4. The molecular weight excluding hydrogens is 258 g/mol. The number of aromatic nitrogens is 2. The molecule has 2 heterocycles. The van der Waals surface area contributed by atoms with E-state index in [0.717, 1.165) is 17.9 Å². The van der Waals surface area contributed by atoms with Gasteiger partial charge in [0, 0.05) is 25.2 Å². The molecular formula is C11H12ClN3OS. The maximum absolute atomic E-state index is 5.95. The first-order valence-corrected chi connectivity index (χ1v) is 6.60. The number of hydrogen-bond donors (Lipinski definition) is 0. The van der Waals surface area contributed by atoms with Gasteiger partial charge in [-0.05, 0) is 12.3 Å². The van der Waals surface area contributed by atoms with Gasteiger partial charge in [-0.3, -0.25) is 0 Å². The van der Waals surface area contributed by atoms with Crippen LogP contribution in [0.4, 0.5) is 5.82 Å². The summed E-state index contributed by atoms with van der Waals surface area (Å²) in [7, 11) is 1.95. The molecule has 2 rings (SSSR count). The first kappa shape index (κ1) is 12.3.